The monoisotopic (exact) mass is 300 g/mol. The van der Waals surface area contributed by atoms with Gasteiger partial charge >= 0.3 is 0 Å². The Kier molecular flexibility index (Phi) is 11.9. The molecule has 0 amide bonds. The minimum atomic E-state index is -0.00969. The van der Waals surface area contributed by atoms with Crippen LogP contribution in [-0.2, 0) is 0 Å². The van der Waals surface area contributed by atoms with Crippen molar-refractivity contribution < 1.29 is 4.39 Å². The predicted octanol–water partition coefficient (Wildman–Crippen LogP) is 3.34. The third-order valence-corrected chi connectivity index (χ3v) is 3.24. The first-order valence-corrected chi connectivity index (χ1v) is 6.86. The zero-order valence-corrected chi connectivity index (χ0v) is 13.0. The zero-order valence-electron chi connectivity index (χ0n) is 13.0. The topological polar surface area (TPSA) is 76.3 Å². The number of rotatable bonds is 7. The van der Waals surface area contributed by atoms with Crippen molar-refractivity contribution in [3.63, 3.8) is 0 Å². The summed E-state index contributed by atoms with van der Waals surface area (Å²) in [6.45, 7) is 3.72. The molecule has 0 fully saturated rings. The fraction of sp³-hybridized carbons (Fsp3) is 0.625. The summed E-state index contributed by atoms with van der Waals surface area (Å²) in [6, 6.07) is 0. The summed E-state index contributed by atoms with van der Waals surface area (Å²) in [7, 11) is 4.06. The van der Waals surface area contributed by atoms with Crippen LogP contribution in [0, 0.1) is 5.92 Å². The second kappa shape index (κ2) is 11.3. The molecule has 124 valence electrons. The van der Waals surface area contributed by atoms with Gasteiger partial charge in [0.15, 0.2) is 0 Å². The summed E-state index contributed by atoms with van der Waals surface area (Å²) in [6.07, 6.45) is 8.00. The molecule has 1 atom stereocenters. The average Bonchev–Trinajstić information content (AvgIpc) is 2.36. The Hall–Kier alpha value is -1.33. The molecule has 1 aliphatic carbocycles. The summed E-state index contributed by atoms with van der Waals surface area (Å²) in [5, 5.41) is 3.22. The van der Waals surface area contributed by atoms with Crippen molar-refractivity contribution in [2.75, 3.05) is 27.2 Å². The van der Waals surface area contributed by atoms with E-state index in [1.165, 1.54) is 5.57 Å². The van der Waals surface area contributed by atoms with Crippen LogP contribution >= 0.6 is 0 Å². The van der Waals surface area contributed by atoms with Gasteiger partial charge in [-0.25, -0.2) is 4.39 Å². The molecule has 0 heterocycles. The van der Waals surface area contributed by atoms with E-state index in [1.807, 2.05) is 33.3 Å². The van der Waals surface area contributed by atoms with E-state index in [0.29, 0.717) is 0 Å². The van der Waals surface area contributed by atoms with Crippen molar-refractivity contribution in [2.24, 2.45) is 11.7 Å². The van der Waals surface area contributed by atoms with E-state index < -0.39 is 0 Å². The quantitative estimate of drug-likeness (QED) is 0.630. The normalized spacial score (nSPS) is 18.3. The van der Waals surface area contributed by atoms with E-state index in [0.717, 1.165) is 38.0 Å². The number of halogens is 1. The standard InChI is InChI=1S/C15H26FN3.CH4.H3N/c1-12-10-13(4-5-15(12)16)6-8-18-11-14(17)7-9-19(2)3;;/h4-5,11-12,18H,6-10,17H2,1-3H3;1H4;1H3/b14-11-;;. The van der Waals surface area contributed by atoms with Crippen molar-refractivity contribution >= 4 is 0 Å². The largest absolute Gasteiger partial charge is 0.401 e. The maximum absolute atomic E-state index is 13.2. The lowest BCUT2D eigenvalue weighted by molar-refractivity contribution is 0.412. The first kappa shape index (κ1) is 22.0. The minimum Gasteiger partial charge on any atom is -0.401 e. The summed E-state index contributed by atoms with van der Waals surface area (Å²) < 4.78 is 13.2. The number of nitrogens with two attached hydrogens (primary N) is 1. The number of nitrogens with zero attached hydrogens (tertiary/aromatic N) is 1. The second-order valence-corrected chi connectivity index (χ2v) is 5.46. The molecule has 0 aromatic rings. The Morgan fingerprint density at radius 1 is 1.48 bits per heavy atom. The van der Waals surface area contributed by atoms with Gasteiger partial charge in [0, 0.05) is 37.3 Å². The van der Waals surface area contributed by atoms with Crippen LogP contribution in [0.5, 0.6) is 0 Å². The predicted molar refractivity (Wildman–Crippen MR) is 90.9 cm³/mol. The molecule has 21 heavy (non-hydrogen) atoms. The van der Waals surface area contributed by atoms with Crippen molar-refractivity contribution in [3.8, 4) is 0 Å². The highest BCUT2D eigenvalue weighted by Gasteiger charge is 2.13. The Morgan fingerprint density at radius 3 is 2.71 bits per heavy atom. The van der Waals surface area contributed by atoms with E-state index in [9.17, 15) is 4.39 Å². The molecule has 0 radical (unpaired) electrons. The van der Waals surface area contributed by atoms with Crippen LogP contribution in [0.4, 0.5) is 4.39 Å². The van der Waals surface area contributed by atoms with Crippen LogP contribution in [0.3, 0.4) is 0 Å². The molecule has 1 aliphatic rings. The van der Waals surface area contributed by atoms with Gasteiger partial charge in [-0.1, -0.05) is 26.0 Å². The lowest BCUT2D eigenvalue weighted by Crippen LogP contribution is -2.18. The highest BCUT2D eigenvalue weighted by Crippen LogP contribution is 2.26. The Bertz CT molecular complexity index is 372. The van der Waals surface area contributed by atoms with Gasteiger partial charge < -0.3 is 22.1 Å². The highest BCUT2D eigenvalue weighted by atomic mass is 19.1. The molecule has 6 N–H and O–H groups in total. The Labute approximate surface area is 129 Å². The Balaban J connectivity index is 0. The van der Waals surface area contributed by atoms with Gasteiger partial charge in [-0.15, -0.1) is 0 Å². The molecule has 0 aliphatic heterocycles. The molecule has 4 nitrogen and oxygen atoms in total. The third-order valence-electron chi connectivity index (χ3n) is 3.24. The average molecular weight is 300 g/mol. The molecule has 0 saturated carbocycles. The van der Waals surface area contributed by atoms with E-state index in [-0.39, 0.29) is 25.3 Å². The summed E-state index contributed by atoms with van der Waals surface area (Å²) in [5.74, 6) is 0.0187. The van der Waals surface area contributed by atoms with Gasteiger partial charge in [0.2, 0.25) is 0 Å². The molecule has 0 aromatic heterocycles. The van der Waals surface area contributed by atoms with E-state index in [4.69, 9.17) is 5.73 Å². The zero-order chi connectivity index (χ0) is 14.3. The highest BCUT2D eigenvalue weighted by molar-refractivity contribution is 5.22. The van der Waals surface area contributed by atoms with Crippen LogP contribution < -0.4 is 17.2 Å². The van der Waals surface area contributed by atoms with Gasteiger partial charge in [-0.3, -0.25) is 0 Å². The number of hydrogen-bond donors (Lipinski definition) is 3. The Morgan fingerprint density at radius 2 is 2.14 bits per heavy atom. The molecule has 5 heteroatoms. The van der Waals surface area contributed by atoms with E-state index >= 15 is 0 Å². The first-order chi connectivity index (χ1) is 8.99. The van der Waals surface area contributed by atoms with Crippen LogP contribution in [0.25, 0.3) is 0 Å². The molecule has 1 rings (SSSR count). The van der Waals surface area contributed by atoms with Crippen molar-refractivity contribution in [3.05, 3.63) is 35.4 Å². The molecule has 0 bridgehead atoms. The lowest BCUT2D eigenvalue weighted by atomic mass is 9.93. The molecular weight excluding hydrogens is 267 g/mol. The SMILES string of the molecule is C.CC1CC(CCN/C=C(\N)CCN(C)C)=CC=C1F.N. The molecular formula is C16H33FN4. The number of allylic oxidation sites excluding steroid dienone is 3. The van der Waals surface area contributed by atoms with Crippen LogP contribution in [0.2, 0.25) is 0 Å². The smallest absolute Gasteiger partial charge is 0.103 e. The van der Waals surface area contributed by atoms with E-state index in [2.05, 4.69) is 10.2 Å². The van der Waals surface area contributed by atoms with Crippen molar-refractivity contribution in [2.45, 2.75) is 33.6 Å². The third kappa shape index (κ3) is 9.26. The van der Waals surface area contributed by atoms with Crippen molar-refractivity contribution in [1.82, 2.24) is 16.4 Å². The van der Waals surface area contributed by atoms with Gasteiger partial charge in [0.1, 0.15) is 5.83 Å². The maximum atomic E-state index is 13.2. The summed E-state index contributed by atoms with van der Waals surface area (Å²) >= 11 is 0. The fourth-order valence-corrected chi connectivity index (χ4v) is 1.97. The first-order valence-electron chi connectivity index (χ1n) is 6.86. The van der Waals surface area contributed by atoms with Crippen LogP contribution in [-0.4, -0.2) is 32.1 Å². The van der Waals surface area contributed by atoms with Gasteiger partial charge in [0.25, 0.3) is 0 Å². The van der Waals surface area contributed by atoms with Gasteiger partial charge in [0.05, 0.1) is 0 Å². The van der Waals surface area contributed by atoms with Crippen molar-refractivity contribution in [1.29, 1.82) is 0 Å². The second-order valence-electron chi connectivity index (χ2n) is 5.46. The molecule has 0 saturated heterocycles. The van der Waals surface area contributed by atoms with Crippen LogP contribution in [0.1, 0.15) is 33.6 Å². The molecule has 0 aromatic carbocycles. The maximum Gasteiger partial charge on any atom is 0.103 e. The van der Waals surface area contributed by atoms with E-state index in [1.54, 1.807) is 6.08 Å². The van der Waals surface area contributed by atoms with Crippen LogP contribution in [0.15, 0.2) is 35.4 Å². The molecule has 0 spiro atoms. The number of nitrogens with one attached hydrogen (secondary N) is 1. The minimum absolute atomic E-state index is 0. The number of hydrogen-bond acceptors (Lipinski definition) is 4. The summed E-state index contributed by atoms with van der Waals surface area (Å²) in [4.78, 5) is 2.11. The van der Waals surface area contributed by atoms with Gasteiger partial charge in [-0.05, 0) is 33.0 Å². The lowest BCUT2D eigenvalue weighted by Gasteiger charge is -2.16. The van der Waals surface area contributed by atoms with Gasteiger partial charge in [-0.2, -0.15) is 0 Å². The fourth-order valence-electron chi connectivity index (χ4n) is 1.97. The summed E-state index contributed by atoms with van der Waals surface area (Å²) in [5.41, 5.74) is 8.04. The molecule has 1 unspecified atom stereocenters.